The number of aryl methyl sites for hydroxylation is 1. The number of aromatic nitrogens is 1. The van der Waals surface area contributed by atoms with Crippen LogP contribution in [0.3, 0.4) is 0 Å². The van der Waals surface area contributed by atoms with Crippen molar-refractivity contribution in [3.8, 4) is 6.07 Å². The van der Waals surface area contributed by atoms with Crippen LogP contribution in [-0.2, 0) is 0 Å². The molecule has 0 bridgehead atoms. The van der Waals surface area contributed by atoms with Gasteiger partial charge >= 0.3 is 0 Å². The third kappa shape index (κ3) is 1.78. The smallest absolute Gasteiger partial charge is 0.208 e. The first-order valence-electron chi connectivity index (χ1n) is 3.41. The number of hydrogen-bond donors (Lipinski definition) is 0. The van der Waals surface area contributed by atoms with Crippen molar-refractivity contribution in [2.24, 2.45) is 0 Å². The first-order valence-corrected chi connectivity index (χ1v) is 3.41. The lowest BCUT2D eigenvalue weighted by atomic mass is 10.1. The number of rotatable bonds is 1. The molecule has 0 unspecified atom stereocenters. The molecule has 0 fully saturated rings. The minimum atomic E-state index is -2.80. The average Bonchev–Trinajstić information content (AvgIpc) is 2.01. The molecule has 1 heterocycles. The molecular weight excluding hydrogens is 181 g/mol. The summed E-state index contributed by atoms with van der Waals surface area (Å²) in [5, 5.41) is 8.40. The highest BCUT2D eigenvalue weighted by atomic mass is 19.3. The van der Waals surface area contributed by atoms with E-state index < -0.39 is 23.6 Å². The summed E-state index contributed by atoms with van der Waals surface area (Å²) in [7, 11) is 0. The number of pyridine rings is 1. The predicted molar refractivity (Wildman–Crippen MR) is 38.6 cm³/mol. The molecule has 1 aromatic heterocycles. The molecule has 0 N–H and O–H groups in total. The second kappa shape index (κ2) is 3.44. The minimum absolute atomic E-state index is 0.0408. The van der Waals surface area contributed by atoms with Gasteiger partial charge in [-0.25, -0.2) is 13.8 Å². The van der Waals surface area contributed by atoms with Gasteiger partial charge in [0.25, 0.3) is 6.43 Å². The molecule has 0 saturated carbocycles. The highest BCUT2D eigenvalue weighted by Crippen LogP contribution is 2.25. The van der Waals surface area contributed by atoms with Crippen LogP contribution in [0.4, 0.5) is 13.2 Å². The summed E-state index contributed by atoms with van der Waals surface area (Å²) >= 11 is 0. The fourth-order valence-electron chi connectivity index (χ4n) is 1.00. The van der Waals surface area contributed by atoms with Gasteiger partial charge in [-0.3, -0.25) is 0 Å². The molecule has 0 spiro atoms. The van der Waals surface area contributed by atoms with Crippen molar-refractivity contribution < 1.29 is 13.2 Å². The van der Waals surface area contributed by atoms with Crippen molar-refractivity contribution in [3.05, 3.63) is 28.8 Å². The van der Waals surface area contributed by atoms with E-state index in [4.69, 9.17) is 5.26 Å². The summed E-state index contributed by atoms with van der Waals surface area (Å²) in [5.41, 5.74) is -1.00. The van der Waals surface area contributed by atoms with Gasteiger partial charge in [0.15, 0.2) is 5.69 Å². The Morgan fingerprint density at radius 3 is 2.62 bits per heavy atom. The normalized spacial score (nSPS) is 10.2. The quantitative estimate of drug-likeness (QED) is 0.631. The Morgan fingerprint density at radius 2 is 2.15 bits per heavy atom. The Bertz CT molecular complexity index is 368. The van der Waals surface area contributed by atoms with E-state index in [0.29, 0.717) is 0 Å². The van der Waals surface area contributed by atoms with Crippen LogP contribution in [0.25, 0.3) is 0 Å². The molecule has 0 amide bonds. The Labute approximate surface area is 72.6 Å². The first kappa shape index (κ1) is 9.52. The molecule has 2 nitrogen and oxygen atoms in total. The Morgan fingerprint density at radius 1 is 1.54 bits per heavy atom. The lowest BCUT2D eigenvalue weighted by Crippen LogP contribution is -2.00. The number of alkyl halides is 2. The lowest BCUT2D eigenvalue weighted by Gasteiger charge is -2.05. The van der Waals surface area contributed by atoms with Crippen LogP contribution in [0.2, 0.25) is 0 Å². The van der Waals surface area contributed by atoms with Gasteiger partial charge in [-0.05, 0) is 18.6 Å². The van der Waals surface area contributed by atoms with Gasteiger partial charge in [0.1, 0.15) is 6.07 Å². The van der Waals surface area contributed by atoms with E-state index in [2.05, 4.69) is 4.98 Å². The monoisotopic (exact) mass is 186 g/mol. The molecule has 1 rings (SSSR count). The molecule has 1 aromatic rings. The first-order chi connectivity index (χ1) is 6.06. The van der Waals surface area contributed by atoms with Crippen molar-refractivity contribution in [2.45, 2.75) is 13.3 Å². The Kier molecular flexibility index (Phi) is 2.52. The SMILES string of the molecule is Cc1cc(F)nc(C#N)c1C(F)F. The Hall–Kier alpha value is -1.57. The highest BCUT2D eigenvalue weighted by Gasteiger charge is 2.18. The van der Waals surface area contributed by atoms with E-state index in [9.17, 15) is 13.2 Å². The van der Waals surface area contributed by atoms with E-state index in [-0.39, 0.29) is 5.56 Å². The maximum absolute atomic E-state index is 12.6. The van der Waals surface area contributed by atoms with E-state index in [0.717, 1.165) is 6.07 Å². The third-order valence-electron chi connectivity index (χ3n) is 1.56. The van der Waals surface area contributed by atoms with Gasteiger partial charge in [-0.15, -0.1) is 0 Å². The predicted octanol–water partition coefficient (Wildman–Crippen LogP) is 2.34. The van der Waals surface area contributed by atoms with Crippen molar-refractivity contribution in [3.63, 3.8) is 0 Å². The van der Waals surface area contributed by atoms with Crippen LogP contribution < -0.4 is 0 Å². The molecule has 0 radical (unpaired) electrons. The van der Waals surface area contributed by atoms with Crippen LogP contribution in [0.1, 0.15) is 23.2 Å². The van der Waals surface area contributed by atoms with Gasteiger partial charge in [-0.2, -0.15) is 9.65 Å². The summed E-state index contributed by atoms with van der Waals surface area (Å²) < 4.78 is 37.1. The summed E-state index contributed by atoms with van der Waals surface area (Å²) in [4.78, 5) is 3.07. The second-order valence-electron chi connectivity index (χ2n) is 2.44. The third-order valence-corrected chi connectivity index (χ3v) is 1.56. The van der Waals surface area contributed by atoms with Crippen LogP contribution >= 0.6 is 0 Å². The molecule has 0 aliphatic heterocycles. The standard InChI is InChI=1S/C8H5F3N2/c1-4-2-6(9)13-5(3-12)7(4)8(10)11/h2,8H,1H3. The molecular formula is C8H5F3N2. The number of halogens is 3. The fraction of sp³-hybridized carbons (Fsp3) is 0.250. The van der Waals surface area contributed by atoms with Crippen LogP contribution in [0.5, 0.6) is 0 Å². The number of nitriles is 1. The zero-order valence-corrected chi connectivity index (χ0v) is 6.68. The second-order valence-corrected chi connectivity index (χ2v) is 2.44. The number of nitrogens with zero attached hydrogens (tertiary/aromatic N) is 2. The van der Waals surface area contributed by atoms with Crippen LogP contribution in [0.15, 0.2) is 6.07 Å². The van der Waals surface area contributed by atoms with Gasteiger partial charge in [0.05, 0.1) is 5.56 Å². The van der Waals surface area contributed by atoms with Crippen molar-refractivity contribution in [2.75, 3.05) is 0 Å². The molecule has 0 aliphatic carbocycles. The molecule has 0 saturated heterocycles. The zero-order chi connectivity index (χ0) is 10.0. The minimum Gasteiger partial charge on any atom is -0.208 e. The molecule has 0 atom stereocenters. The highest BCUT2D eigenvalue weighted by molar-refractivity contribution is 5.37. The van der Waals surface area contributed by atoms with Gasteiger partial charge in [-0.1, -0.05) is 0 Å². The van der Waals surface area contributed by atoms with E-state index >= 15 is 0 Å². The fourth-order valence-corrected chi connectivity index (χ4v) is 1.00. The van der Waals surface area contributed by atoms with Crippen molar-refractivity contribution in [1.29, 1.82) is 5.26 Å². The van der Waals surface area contributed by atoms with E-state index in [1.54, 1.807) is 0 Å². The van der Waals surface area contributed by atoms with E-state index in [1.807, 2.05) is 0 Å². The maximum Gasteiger partial charge on any atom is 0.266 e. The van der Waals surface area contributed by atoms with Gasteiger partial charge < -0.3 is 0 Å². The van der Waals surface area contributed by atoms with Gasteiger partial charge in [0.2, 0.25) is 5.95 Å². The summed E-state index contributed by atoms with van der Waals surface area (Å²) in [6.07, 6.45) is -2.80. The molecule has 0 aliphatic rings. The summed E-state index contributed by atoms with van der Waals surface area (Å²) in [6.45, 7) is 1.31. The van der Waals surface area contributed by atoms with Gasteiger partial charge in [0, 0.05) is 0 Å². The lowest BCUT2D eigenvalue weighted by molar-refractivity contribution is 0.149. The van der Waals surface area contributed by atoms with E-state index in [1.165, 1.54) is 13.0 Å². The van der Waals surface area contributed by atoms with Crippen molar-refractivity contribution >= 4 is 0 Å². The zero-order valence-electron chi connectivity index (χ0n) is 6.68. The van der Waals surface area contributed by atoms with Crippen LogP contribution in [0, 0.1) is 24.2 Å². The molecule has 13 heavy (non-hydrogen) atoms. The number of hydrogen-bond acceptors (Lipinski definition) is 2. The average molecular weight is 186 g/mol. The maximum atomic E-state index is 12.6. The largest absolute Gasteiger partial charge is 0.266 e. The molecule has 0 aromatic carbocycles. The topological polar surface area (TPSA) is 36.7 Å². The van der Waals surface area contributed by atoms with Crippen LogP contribution in [-0.4, -0.2) is 4.98 Å². The Balaban J connectivity index is 3.41. The van der Waals surface area contributed by atoms with Crippen molar-refractivity contribution in [1.82, 2.24) is 4.98 Å². The molecule has 68 valence electrons. The summed E-state index contributed by atoms with van der Waals surface area (Å²) in [5.74, 6) is -0.918. The molecule has 5 heteroatoms. The summed E-state index contributed by atoms with van der Waals surface area (Å²) in [6, 6.07) is 2.30.